The molecule has 162 valence electrons. The average Bonchev–Trinajstić information content (AvgIpc) is 3.48. The number of carbonyl (C=O) groups is 1. The van der Waals surface area contributed by atoms with Gasteiger partial charge in [-0.2, -0.15) is 0 Å². The molecule has 2 atom stereocenters. The Morgan fingerprint density at radius 2 is 1.94 bits per heavy atom. The molecule has 1 aliphatic rings. The molecule has 7 nitrogen and oxygen atoms in total. The topological polar surface area (TPSA) is 101 Å². The van der Waals surface area contributed by atoms with Gasteiger partial charge >= 0.3 is 0 Å². The van der Waals surface area contributed by atoms with Gasteiger partial charge in [-0.15, -0.1) is 11.3 Å². The minimum Gasteiger partial charge on any atom is -0.317 e. The zero-order valence-corrected chi connectivity index (χ0v) is 18.9. The molecule has 1 saturated carbocycles. The van der Waals surface area contributed by atoms with Crippen LogP contribution in [0.2, 0.25) is 5.02 Å². The number of fused-ring (bicyclic) bond motifs is 1. The Kier molecular flexibility index (Phi) is 5.32. The molecule has 0 bridgehead atoms. The Labute approximate surface area is 193 Å². The monoisotopic (exact) mass is 484 g/mol. The van der Waals surface area contributed by atoms with Crippen molar-refractivity contribution in [2.24, 2.45) is 5.92 Å². The Morgan fingerprint density at radius 3 is 2.66 bits per heavy atom. The molecule has 3 aromatic heterocycles. The number of amides is 1. The number of halogens is 1. The third-order valence-corrected chi connectivity index (χ3v) is 7.95. The highest BCUT2D eigenvalue weighted by molar-refractivity contribution is 7.92. The number of nitrogens with zero attached hydrogens (tertiary/aromatic N) is 2. The predicted molar refractivity (Wildman–Crippen MR) is 126 cm³/mol. The molecule has 0 spiro atoms. The van der Waals surface area contributed by atoms with Crippen LogP contribution < -0.4 is 10.0 Å². The summed E-state index contributed by atoms with van der Waals surface area (Å²) in [5, 5.41) is 5.11. The standard InChI is InChI=1S/C22H17ClN4O3S2/c23-18-11-24-12-19-17(18)10-21(31-19)26-22(28)16-9-15(16)13-4-6-14(7-5-13)32(29,30)27-20-3-1-2-8-25-20/h1-8,10-12,15-16H,9H2,(H,25,27)(H,26,28)/t15-,16+/m0/s1. The van der Waals surface area contributed by atoms with Gasteiger partial charge in [-0.05, 0) is 48.2 Å². The van der Waals surface area contributed by atoms with Crippen molar-refractivity contribution in [3.63, 3.8) is 0 Å². The van der Waals surface area contributed by atoms with Crippen molar-refractivity contribution in [2.75, 3.05) is 10.0 Å². The number of rotatable bonds is 6. The zero-order chi connectivity index (χ0) is 22.3. The van der Waals surface area contributed by atoms with Crippen LogP contribution in [0.1, 0.15) is 17.9 Å². The molecule has 1 fully saturated rings. The number of benzene rings is 1. The second-order valence-corrected chi connectivity index (χ2v) is 10.6. The first-order chi connectivity index (χ1) is 15.4. The van der Waals surface area contributed by atoms with Gasteiger partial charge in [0.1, 0.15) is 5.82 Å². The van der Waals surface area contributed by atoms with E-state index >= 15 is 0 Å². The number of nitrogens with one attached hydrogen (secondary N) is 2. The molecule has 1 amide bonds. The van der Waals surface area contributed by atoms with Gasteiger partial charge in [-0.3, -0.25) is 14.5 Å². The predicted octanol–water partition coefficient (Wildman–Crippen LogP) is 4.89. The molecule has 0 unspecified atom stereocenters. The number of hydrogen-bond donors (Lipinski definition) is 2. The lowest BCUT2D eigenvalue weighted by Crippen LogP contribution is -2.14. The van der Waals surface area contributed by atoms with E-state index in [1.54, 1.807) is 54.9 Å². The summed E-state index contributed by atoms with van der Waals surface area (Å²) in [6.07, 6.45) is 5.54. The van der Waals surface area contributed by atoms with E-state index in [9.17, 15) is 13.2 Å². The fraction of sp³-hybridized carbons (Fsp3) is 0.136. The van der Waals surface area contributed by atoms with Gasteiger partial charge in [0.2, 0.25) is 5.91 Å². The van der Waals surface area contributed by atoms with Crippen molar-refractivity contribution >= 4 is 59.8 Å². The van der Waals surface area contributed by atoms with Crippen molar-refractivity contribution in [1.82, 2.24) is 9.97 Å². The van der Waals surface area contributed by atoms with E-state index in [4.69, 9.17) is 11.6 Å². The summed E-state index contributed by atoms with van der Waals surface area (Å²) >= 11 is 7.59. The second-order valence-electron chi connectivity index (χ2n) is 7.47. The van der Waals surface area contributed by atoms with Gasteiger partial charge in [-0.1, -0.05) is 29.8 Å². The molecule has 2 N–H and O–H groups in total. The lowest BCUT2D eigenvalue weighted by atomic mass is 10.1. The van der Waals surface area contributed by atoms with E-state index in [1.165, 1.54) is 17.5 Å². The molecule has 0 aliphatic heterocycles. The van der Waals surface area contributed by atoms with Gasteiger partial charge < -0.3 is 5.32 Å². The maximum atomic E-state index is 12.7. The Bertz CT molecular complexity index is 1410. The van der Waals surface area contributed by atoms with Crippen LogP contribution in [0.4, 0.5) is 10.8 Å². The molecule has 10 heteroatoms. The molecular formula is C22H17ClN4O3S2. The highest BCUT2D eigenvalue weighted by Gasteiger charge is 2.44. The van der Waals surface area contributed by atoms with Gasteiger partial charge in [0.05, 0.1) is 19.6 Å². The summed E-state index contributed by atoms with van der Waals surface area (Å²) in [4.78, 5) is 20.9. The largest absolute Gasteiger partial charge is 0.317 e. The van der Waals surface area contributed by atoms with Crippen LogP contribution in [0.3, 0.4) is 0 Å². The van der Waals surface area contributed by atoms with E-state index in [1.807, 2.05) is 6.07 Å². The van der Waals surface area contributed by atoms with Gasteiger partial charge in [0.25, 0.3) is 10.0 Å². The summed E-state index contributed by atoms with van der Waals surface area (Å²) in [5.41, 5.74) is 0.936. The fourth-order valence-electron chi connectivity index (χ4n) is 3.57. The molecular weight excluding hydrogens is 468 g/mol. The van der Waals surface area contributed by atoms with E-state index in [0.29, 0.717) is 5.02 Å². The number of aromatic nitrogens is 2. The summed E-state index contributed by atoms with van der Waals surface area (Å²) in [7, 11) is -3.73. The Morgan fingerprint density at radius 1 is 1.12 bits per heavy atom. The molecule has 4 aromatic rings. The van der Waals surface area contributed by atoms with Crippen LogP contribution in [0.15, 0.2) is 72.0 Å². The van der Waals surface area contributed by atoms with Crippen LogP contribution in [0.5, 0.6) is 0 Å². The first kappa shape index (κ1) is 20.9. The SMILES string of the molecule is O=C(Nc1cc2c(Cl)cncc2s1)[C@@H]1C[C@H]1c1ccc(S(=O)(=O)Nc2ccccn2)cc1. The maximum absolute atomic E-state index is 12.7. The quantitative estimate of drug-likeness (QED) is 0.406. The summed E-state index contributed by atoms with van der Waals surface area (Å²) in [6, 6.07) is 13.5. The van der Waals surface area contributed by atoms with Crippen LogP contribution in [-0.2, 0) is 14.8 Å². The summed E-state index contributed by atoms with van der Waals surface area (Å²) in [5.74, 6) is 0.117. The lowest BCUT2D eigenvalue weighted by molar-refractivity contribution is -0.117. The first-order valence-corrected chi connectivity index (χ1v) is 12.5. The van der Waals surface area contributed by atoms with Crippen LogP contribution >= 0.6 is 22.9 Å². The minimum atomic E-state index is -3.73. The minimum absolute atomic E-state index is 0.0563. The number of hydrogen-bond acceptors (Lipinski definition) is 6. The van der Waals surface area contributed by atoms with Gasteiger partial charge in [0, 0.05) is 29.9 Å². The van der Waals surface area contributed by atoms with E-state index < -0.39 is 10.0 Å². The molecule has 5 rings (SSSR count). The molecule has 0 radical (unpaired) electrons. The summed E-state index contributed by atoms with van der Waals surface area (Å²) in [6.45, 7) is 0. The lowest BCUT2D eigenvalue weighted by Gasteiger charge is -2.08. The smallest absolute Gasteiger partial charge is 0.263 e. The highest BCUT2D eigenvalue weighted by Crippen LogP contribution is 2.48. The highest BCUT2D eigenvalue weighted by atomic mass is 35.5. The third kappa shape index (κ3) is 4.19. The van der Waals surface area contributed by atoms with E-state index in [-0.39, 0.29) is 28.5 Å². The zero-order valence-electron chi connectivity index (χ0n) is 16.5. The van der Waals surface area contributed by atoms with Crippen molar-refractivity contribution < 1.29 is 13.2 Å². The van der Waals surface area contributed by atoms with E-state index in [2.05, 4.69) is 20.0 Å². The van der Waals surface area contributed by atoms with Crippen molar-refractivity contribution in [1.29, 1.82) is 0 Å². The number of carbonyl (C=O) groups excluding carboxylic acids is 1. The molecule has 32 heavy (non-hydrogen) atoms. The first-order valence-electron chi connectivity index (χ1n) is 9.78. The third-order valence-electron chi connectivity index (χ3n) is 5.29. The van der Waals surface area contributed by atoms with Gasteiger partial charge in [-0.25, -0.2) is 13.4 Å². The van der Waals surface area contributed by atoms with E-state index in [0.717, 1.165) is 27.1 Å². The molecule has 1 aliphatic carbocycles. The second kappa shape index (κ2) is 8.16. The Hall–Kier alpha value is -3.01. The molecule has 1 aromatic carbocycles. The van der Waals surface area contributed by atoms with Crippen LogP contribution in [-0.4, -0.2) is 24.3 Å². The maximum Gasteiger partial charge on any atom is 0.263 e. The molecule has 3 heterocycles. The number of sulfonamides is 1. The number of thiophene rings is 1. The summed E-state index contributed by atoms with van der Waals surface area (Å²) < 4.78 is 28.5. The van der Waals surface area contributed by atoms with Crippen molar-refractivity contribution in [3.05, 3.63) is 77.7 Å². The number of pyridine rings is 2. The van der Waals surface area contributed by atoms with Crippen LogP contribution in [0.25, 0.3) is 10.1 Å². The Balaban J connectivity index is 1.24. The normalized spacial score (nSPS) is 17.8. The molecule has 0 saturated heterocycles. The van der Waals surface area contributed by atoms with Crippen LogP contribution in [0, 0.1) is 5.92 Å². The van der Waals surface area contributed by atoms with Gasteiger partial charge in [0.15, 0.2) is 0 Å². The average molecular weight is 485 g/mol. The van der Waals surface area contributed by atoms with Crippen molar-refractivity contribution in [2.45, 2.75) is 17.2 Å². The van der Waals surface area contributed by atoms with Crippen molar-refractivity contribution in [3.8, 4) is 0 Å². The fourth-order valence-corrected chi connectivity index (χ4v) is 5.81. The number of anilines is 2.